The van der Waals surface area contributed by atoms with Crippen LogP contribution in [0.15, 0.2) is 35.8 Å². The first-order valence-corrected chi connectivity index (χ1v) is 11.8. The molecule has 30 heavy (non-hydrogen) atoms. The molecule has 0 amide bonds. The lowest BCUT2D eigenvalue weighted by molar-refractivity contribution is -0.0481. The molecule has 0 bridgehead atoms. The van der Waals surface area contributed by atoms with Gasteiger partial charge in [-0.2, -0.15) is 0 Å². The molecule has 0 aromatic rings. The molecule has 1 spiro atoms. The highest BCUT2D eigenvalue weighted by Gasteiger charge is 2.78. The molecule has 168 valence electrons. The van der Waals surface area contributed by atoms with E-state index < -0.39 is 17.1 Å². The third-order valence-electron chi connectivity index (χ3n) is 8.78. The second kappa shape index (κ2) is 6.62. The van der Waals surface area contributed by atoms with E-state index in [1.54, 1.807) is 6.08 Å². The Hall–Kier alpha value is -1.26. The maximum Gasteiger partial charge on any atom is 0.174 e. The van der Waals surface area contributed by atoms with Crippen molar-refractivity contribution in [3.63, 3.8) is 0 Å². The Morgan fingerprint density at radius 3 is 2.20 bits per heavy atom. The minimum Gasteiger partial charge on any atom is -0.488 e. The number of hydrogen-bond donors (Lipinski definition) is 2. The first-order valence-electron chi connectivity index (χ1n) is 11.8. The lowest BCUT2D eigenvalue weighted by atomic mass is 9.60. The zero-order valence-electron chi connectivity index (χ0n) is 19.8. The van der Waals surface area contributed by atoms with Crippen LogP contribution in [0.1, 0.15) is 74.1 Å². The summed E-state index contributed by atoms with van der Waals surface area (Å²) in [5.41, 5.74) is -1.74. The van der Waals surface area contributed by atoms with Gasteiger partial charge in [0.2, 0.25) is 0 Å². The van der Waals surface area contributed by atoms with Gasteiger partial charge in [0, 0.05) is 11.3 Å². The average Bonchev–Trinajstić information content (AvgIpc) is 3.23. The monoisotopic (exact) mass is 416 g/mol. The van der Waals surface area contributed by atoms with E-state index in [1.165, 1.54) is 6.42 Å². The van der Waals surface area contributed by atoms with Gasteiger partial charge in [0.05, 0.1) is 12.2 Å². The fraction of sp³-hybridized carbons (Fsp3) is 0.769. The average molecular weight is 417 g/mol. The lowest BCUT2D eigenvalue weighted by Gasteiger charge is -2.44. The van der Waals surface area contributed by atoms with Crippen molar-refractivity contribution in [3.05, 3.63) is 35.8 Å². The Morgan fingerprint density at radius 2 is 1.67 bits per heavy atom. The van der Waals surface area contributed by atoms with E-state index in [4.69, 9.17) is 9.47 Å². The summed E-state index contributed by atoms with van der Waals surface area (Å²) >= 11 is 0. The Balaban J connectivity index is 1.90. The van der Waals surface area contributed by atoms with Crippen molar-refractivity contribution in [2.75, 3.05) is 0 Å². The maximum atomic E-state index is 12.4. The van der Waals surface area contributed by atoms with Crippen LogP contribution in [0.3, 0.4) is 0 Å². The van der Waals surface area contributed by atoms with Crippen LogP contribution in [0.25, 0.3) is 0 Å². The predicted octanol–water partition coefficient (Wildman–Crippen LogP) is 5.12. The van der Waals surface area contributed by atoms with E-state index in [0.29, 0.717) is 23.4 Å². The third kappa shape index (κ3) is 2.41. The number of ether oxygens (including phenoxy) is 2. The van der Waals surface area contributed by atoms with Crippen LogP contribution in [-0.4, -0.2) is 33.6 Å². The summed E-state index contributed by atoms with van der Waals surface area (Å²) in [5.74, 6) is 1.50. The summed E-state index contributed by atoms with van der Waals surface area (Å²) in [5, 5.41) is 24.3. The Kier molecular flexibility index (Phi) is 4.84. The van der Waals surface area contributed by atoms with Crippen molar-refractivity contribution in [2.45, 2.75) is 97.6 Å². The van der Waals surface area contributed by atoms with Gasteiger partial charge >= 0.3 is 0 Å². The van der Waals surface area contributed by atoms with Crippen LogP contribution in [-0.2, 0) is 9.47 Å². The van der Waals surface area contributed by atoms with Gasteiger partial charge in [-0.15, -0.1) is 0 Å². The molecule has 4 aliphatic carbocycles. The van der Waals surface area contributed by atoms with Crippen LogP contribution >= 0.6 is 0 Å². The molecule has 0 aromatic carbocycles. The van der Waals surface area contributed by atoms with Crippen molar-refractivity contribution in [2.24, 2.45) is 28.6 Å². The summed E-state index contributed by atoms with van der Waals surface area (Å²) in [6, 6.07) is 0. The third-order valence-corrected chi connectivity index (χ3v) is 8.78. The van der Waals surface area contributed by atoms with Crippen LogP contribution in [0.4, 0.5) is 0 Å². The Morgan fingerprint density at radius 1 is 1.07 bits per heavy atom. The minimum absolute atomic E-state index is 0.0979. The summed E-state index contributed by atoms with van der Waals surface area (Å²) < 4.78 is 12.4. The van der Waals surface area contributed by atoms with Crippen molar-refractivity contribution in [3.8, 4) is 0 Å². The number of fused-ring (bicyclic) bond motifs is 2. The standard InChI is InChI=1S/C26H40O4/c1-9-25(27)20-14-24-13-10-18(15(2)3)23(24,8)12-11-19(24)26(20,28)22(30-17(6)7)21(25)29-16(4)5/h9,11,15-18,20,27-28H,1,10,12-14H2,2-8H3/t18-,20-,23-,24+,25+,26+/m0/s1. The number of allylic oxidation sites excluding steroid dienone is 1. The van der Waals surface area contributed by atoms with Gasteiger partial charge in [-0.25, -0.2) is 0 Å². The minimum atomic E-state index is -1.44. The topological polar surface area (TPSA) is 58.9 Å². The second-order valence-electron chi connectivity index (χ2n) is 11.3. The summed E-state index contributed by atoms with van der Waals surface area (Å²) in [7, 11) is 0. The largest absolute Gasteiger partial charge is 0.488 e. The van der Waals surface area contributed by atoms with Crippen molar-refractivity contribution >= 4 is 0 Å². The molecule has 4 nitrogen and oxygen atoms in total. The zero-order valence-corrected chi connectivity index (χ0v) is 19.8. The van der Waals surface area contributed by atoms with E-state index in [2.05, 4.69) is 33.4 Å². The fourth-order valence-corrected chi connectivity index (χ4v) is 7.64. The summed E-state index contributed by atoms with van der Waals surface area (Å²) in [4.78, 5) is 0. The second-order valence-corrected chi connectivity index (χ2v) is 11.3. The molecule has 4 rings (SSSR count). The Labute approximate surface area is 182 Å². The smallest absolute Gasteiger partial charge is 0.174 e. The molecule has 0 radical (unpaired) electrons. The molecule has 0 aromatic heterocycles. The fourth-order valence-electron chi connectivity index (χ4n) is 7.64. The van der Waals surface area contributed by atoms with Gasteiger partial charge in [0.15, 0.2) is 17.1 Å². The molecule has 6 atom stereocenters. The molecule has 0 unspecified atom stereocenters. The van der Waals surface area contributed by atoms with Crippen LogP contribution in [0.2, 0.25) is 0 Å². The van der Waals surface area contributed by atoms with Gasteiger partial charge in [0.1, 0.15) is 5.60 Å². The highest BCUT2D eigenvalue weighted by Crippen LogP contribution is 2.78. The molecule has 2 N–H and O–H groups in total. The van der Waals surface area contributed by atoms with Gasteiger partial charge in [-0.1, -0.05) is 39.5 Å². The van der Waals surface area contributed by atoms with E-state index >= 15 is 0 Å². The molecule has 4 heteroatoms. The normalized spacial score (nSPS) is 44.6. The molecule has 0 aliphatic heterocycles. The van der Waals surface area contributed by atoms with E-state index in [0.717, 1.165) is 24.8 Å². The molecule has 0 heterocycles. The number of hydrogen-bond acceptors (Lipinski definition) is 4. The highest BCUT2D eigenvalue weighted by molar-refractivity contribution is 5.55. The predicted molar refractivity (Wildman–Crippen MR) is 118 cm³/mol. The van der Waals surface area contributed by atoms with Gasteiger partial charge in [0.25, 0.3) is 0 Å². The van der Waals surface area contributed by atoms with Crippen LogP contribution in [0.5, 0.6) is 0 Å². The molecular formula is C26H40O4. The van der Waals surface area contributed by atoms with Gasteiger partial charge in [-0.3, -0.25) is 0 Å². The number of rotatable bonds is 6. The molecule has 2 saturated carbocycles. The van der Waals surface area contributed by atoms with Gasteiger partial charge < -0.3 is 19.7 Å². The summed E-state index contributed by atoms with van der Waals surface area (Å²) in [6.45, 7) is 18.8. The van der Waals surface area contributed by atoms with Crippen LogP contribution < -0.4 is 0 Å². The van der Waals surface area contributed by atoms with Crippen molar-refractivity contribution in [1.82, 2.24) is 0 Å². The van der Waals surface area contributed by atoms with E-state index in [-0.39, 0.29) is 23.0 Å². The number of aliphatic hydroxyl groups is 2. The van der Waals surface area contributed by atoms with Gasteiger partial charge in [-0.05, 0) is 76.2 Å². The van der Waals surface area contributed by atoms with Crippen LogP contribution in [0, 0.1) is 28.6 Å². The molecule has 2 fully saturated rings. The first-order chi connectivity index (χ1) is 13.9. The van der Waals surface area contributed by atoms with E-state index in [1.807, 2.05) is 27.7 Å². The molecule has 0 saturated heterocycles. The SMILES string of the molecule is C=C[C@]1(O)C(OC(C)C)=C(OC(C)C)[C@@]2(O)C3=CC[C@@]4(C)[C@H](C(C)C)CC[C@@]34C[C@H]21. The lowest BCUT2D eigenvalue weighted by Crippen LogP contribution is -2.44. The highest BCUT2D eigenvalue weighted by atomic mass is 16.5. The van der Waals surface area contributed by atoms with Crippen molar-refractivity contribution in [1.29, 1.82) is 0 Å². The summed E-state index contributed by atoms with van der Waals surface area (Å²) in [6.07, 6.45) is 7.46. The quantitative estimate of drug-likeness (QED) is 0.590. The van der Waals surface area contributed by atoms with Crippen molar-refractivity contribution < 1.29 is 19.7 Å². The zero-order chi connectivity index (χ0) is 22.3. The molecule has 4 aliphatic rings. The van der Waals surface area contributed by atoms with E-state index in [9.17, 15) is 10.2 Å². The molecular weight excluding hydrogens is 376 g/mol. The first kappa shape index (κ1) is 22.0. The maximum absolute atomic E-state index is 12.4. The Bertz CT molecular complexity index is 808.